The zero-order valence-corrected chi connectivity index (χ0v) is 10.7. The first-order chi connectivity index (χ1) is 7.27. The first-order valence-electron chi connectivity index (χ1n) is 4.63. The molecule has 90 valence electrons. The van der Waals surface area contributed by atoms with Gasteiger partial charge in [-0.25, -0.2) is 0 Å². The Bertz CT molecular complexity index is 364. The summed E-state index contributed by atoms with van der Waals surface area (Å²) in [6.07, 6.45) is -4.28. The summed E-state index contributed by atoms with van der Waals surface area (Å²) in [6, 6.07) is 2.97. The summed E-state index contributed by atoms with van der Waals surface area (Å²) in [7, 11) is 1.50. The molecule has 0 heterocycles. The van der Waals surface area contributed by atoms with Gasteiger partial charge in [-0.05, 0) is 30.5 Å². The number of hydrogen-bond acceptors (Lipinski definition) is 1. The fraction of sp³-hybridized carbons (Fsp3) is 0.455. The van der Waals surface area contributed by atoms with Crippen LogP contribution in [0.25, 0.3) is 0 Å². The topological polar surface area (TPSA) is 9.23 Å². The van der Waals surface area contributed by atoms with Gasteiger partial charge in [0.05, 0.1) is 7.11 Å². The Hall–Kier alpha value is -0.710. The lowest BCUT2D eigenvalue weighted by molar-refractivity contribution is -0.128. The third-order valence-electron chi connectivity index (χ3n) is 2.27. The lowest BCUT2D eigenvalue weighted by Gasteiger charge is -2.17. The number of alkyl halides is 4. The van der Waals surface area contributed by atoms with E-state index in [9.17, 15) is 13.2 Å². The van der Waals surface area contributed by atoms with E-state index in [4.69, 9.17) is 4.74 Å². The van der Waals surface area contributed by atoms with Gasteiger partial charge in [-0.2, -0.15) is 13.2 Å². The average molecular weight is 297 g/mol. The molecular formula is C11H12BrF3O. The number of ether oxygens (including phenoxy) is 1. The summed E-state index contributed by atoms with van der Waals surface area (Å²) in [6.45, 7) is 3.46. The number of hydrogen-bond donors (Lipinski definition) is 0. The van der Waals surface area contributed by atoms with E-state index in [1.807, 2.05) is 0 Å². The average Bonchev–Trinajstić information content (AvgIpc) is 2.14. The Kier molecular flexibility index (Phi) is 3.88. The number of halogens is 4. The Morgan fingerprint density at radius 3 is 1.94 bits per heavy atom. The third-order valence-corrected chi connectivity index (χ3v) is 3.31. The molecule has 0 amide bonds. The summed E-state index contributed by atoms with van der Waals surface area (Å²) in [5, 5.41) is 0. The first-order valence-corrected chi connectivity index (χ1v) is 5.55. The number of rotatable bonds is 2. The van der Waals surface area contributed by atoms with Gasteiger partial charge >= 0.3 is 6.18 Å². The van der Waals surface area contributed by atoms with Crippen LogP contribution >= 0.6 is 15.9 Å². The zero-order chi connectivity index (χ0) is 12.5. The summed E-state index contributed by atoms with van der Waals surface area (Å²) in [5.74, 6) is 0.630. The smallest absolute Gasteiger partial charge is 0.405 e. The molecule has 0 fully saturated rings. The highest BCUT2D eigenvalue weighted by Crippen LogP contribution is 2.41. The molecule has 1 rings (SSSR count). The molecule has 16 heavy (non-hydrogen) atoms. The standard InChI is InChI=1S/C11H12BrF3O/c1-6-4-8(10(12)11(13,14)15)5-7(2)9(6)16-3/h4-5,10H,1-3H3. The van der Waals surface area contributed by atoms with Crippen molar-refractivity contribution in [2.75, 3.05) is 7.11 Å². The van der Waals surface area contributed by atoms with Crippen LogP contribution in [0, 0.1) is 13.8 Å². The lowest BCUT2D eigenvalue weighted by Crippen LogP contribution is -2.15. The minimum Gasteiger partial charge on any atom is -0.496 e. The molecule has 0 radical (unpaired) electrons. The maximum absolute atomic E-state index is 12.5. The maximum atomic E-state index is 12.5. The first kappa shape index (κ1) is 13.4. The van der Waals surface area contributed by atoms with Crippen LogP contribution < -0.4 is 4.74 Å². The molecule has 1 aromatic rings. The van der Waals surface area contributed by atoms with Crippen LogP contribution in [0.15, 0.2) is 12.1 Å². The van der Waals surface area contributed by atoms with Crippen molar-refractivity contribution in [3.63, 3.8) is 0 Å². The Morgan fingerprint density at radius 1 is 1.19 bits per heavy atom. The van der Waals surface area contributed by atoms with Gasteiger partial charge in [-0.3, -0.25) is 0 Å². The lowest BCUT2D eigenvalue weighted by atomic mass is 10.0. The van der Waals surface area contributed by atoms with E-state index in [-0.39, 0.29) is 5.56 Å². The molecule has 0 saturated carbocycles. The second-order valence-electron chi connectivity index (χ2n) is 3.59. The molecule has 1 unspecified atom stereocenters. The maximum Gasteiger partial charge on any atom is 0.405 e. The fourth-order valence-corrected chi connectivity index (χ4v) is 1.91. The summed E-state index contributed by atoms with van der Waals surface area (Å²) >= 11 is 2.66. The molecule has 0 aromatic heterocycles. The quantitative estimate of drug-likeness (QED) is 0.739. The molecular weight excluding hydrogens is 285 g/mol. The molecule has 0 aliphatic carbocycles. The van der Waals surface area contributed by atoms with Gasteiger partial charge in [-0.15, -0.1) is 0 Å². The van der Waals surface area contributed by atoms with Crippen LogP contribution in [0.5, 0.6) is 5.75 Å². The highest BCUT2D eigenvalue weighted by Gasteiger charge is 2.39. The normalized spacial score (nSPS) is 13.7. The third kappa shape index (κ3) is 2.70. The van der Waals surface area contributed by atoms with Gasteiger partial charge in [0, 0.05) is 0 Å². The van der Waals surface area contributed by atoms with Crippen LogP contribution in [-0.2, 0) is 0 Å². The molecule has 0 aliphatic heterocycles. The molecule has 0 N–H and O–H groups in total. The molecule has 1 atom stereocenters. The Morgan fingerprint density at radius 2 is 1.62 bits per heavy atom. The summed E-state index contributed by atoms with van der Waals surface area (Å²) in [5.41, 5.74) is 1.60. The van der Waals surface area contributed by atoms with Gasteiger partial charge in [0.25, 0.3) is 0 Å². The van der Waals surface area contributed by atoms with E-state index in [0.29, 0.717) is 16.9 Å². The molecule has 5 heteroatoms. The van der Waals surface area contributed by atoms with E-state index in [2.05, 4.69) is 15.9 Å². The van der Waals surface area contributed by atoms with Gasteiger partial charge < -0.3 is 4.74 Å². The van der Waals surface area contributed by atoms with E-state index in [1.165, 1.54) is 19.2 Å². The van der Waals surface area contributed by atoms with Gasteiger partial charge in [0.1, 0.15) is 10.6 Å². The zero-order valence-electron chi connectivity index (χ0n) is 9.15. The van der Waals surface area contributed by atoms with E-state index >= 15 is 0 Å². The summed E-state index contributed by atoms with van der Waals surface area (Å²) < 4.78 is 42.6. The monoisotopic (exact) mass is 296 g/mol. The van der Waals surface area contributed by atoms with E-state index in [1.54, 1.807) is 13.8 Å². The van der Waals surface area contributed by atoms with Crippen molar-refractivity contribution in [1.82, 2.24) is 0 Å². The van der Waals surface area contributed by atoms with Crippen molar-refractivity contribution >= 4 is 15.9 Å². The predicted molar refractivity (Wildman–Crippen MR) is 60.2 cm³/mol. The molecule has 1 nitrogen and oxygen atoms in total. The van der Waals surface area contributed by atoms with Gasteiger partial charge in [0.15, 0.2) is 0 Å². The number of benzene rings is 1. The minimum atomic E-state index is -4.28. The van der Waals surface area contributed by atoms with Crippen LogP contribution in [-0.4, -0.2) is 13.3 Å². The van der Waals surface area contributed by atoms with Crippen LogP contribution in [0.3, 0.4) is 0 Å². The van der Waals surface area contributed by atoms with Gasteiger partial charge in [0.2, 0.25) is 0 Å². The predicted octanol–water partition coefficient (Wildman–Crippen LogP) is 4.31. The minimum absolute atomic E-state index is 0.198. The second kappa shape index (κ2) is 4.65. The molecule has 0 saturated heterocycles. The Labute approximate surface area is 101 Å². The van der Waals surface area contributed by atoms with Crippen molar-refractivity contribution < 1.29 is 17.9 Å². The highest BCUT2D eigenvalue weighted by molar-refractivity contribution is 9.09. The second-order valence-corrected chi connectivity index (χ2v) is 4.51. The van der Waals surface area contributed by atoms with Gasteiger partial charge in [-0.1, -0.05) is 28.1 Å². The van der Waals surface area contributed by atoms with E-state index < -0.39 is 11.0 Å². The SMILES string of the molecule is COc1c(C)cc(C(Br)C(F)(F)F)cc1C. The van der Waals surface area contributed by atoms with Crippen LogP contribution in [0.4, 0.5) is 13.2 Å². The number of aryl methyl sites for hydroxylation is 2. The van der Waals surface area contributed by atoms with E-state index in [0.717, 1.165) is 0 Å². The molecule has 0 bridgehead atoms. The van der Waals surface area contributed by atoms with Crippen molar-refractivity contribution in [2.24, 2.45) is 0 Å². The van der Waals surface area contributed by atoms with Crippen LogP contribution in [0.2, 0.25) is 0 Å². The highest BCUT2D eigenvalue weighted by atomic mass is 79.9. The number of methoxy groups -OCH3 is 1. The van der Waals surface area contributed by atoms with Crippen molar-refractivity contribution in [2.45, 2.75) is 24.9 Å². The van der Waals surface area contributed by atoms with Crippen LogP contribution in [0.1, 0.15) is 21.5 Å². The van der Waals surface area contributed by atoms with Crippen molar-refractivity contribution in [1.29, 1.82) is 0 Å². The molecule has 1 aromatic carbocycles. The summed E-state index contributed by atoms with van der Waals surface area (Å²) in [4.78, 5) is -1.64. The molecule has 0 spiro atoms. The van der Waals surface area contributed by atoms with Crippen molar-refractivity contribution in [3.05, 3.63) is 28.8 Å². The molecule has 0 aliphatic rings. The van der Waals surface area contributed by atoms with Crippen molar-refractivity contribution in [3.8, 4) is 5.75 Å². The Balaban J connectivity index is 3.19. The fourth-order valence-electron chi connectivity index (χ4n) is 1.64. The largest absolute Gasteiger partial charge is 0.496 e.